The summed E-state index contributed by atoms with van der Waals surface area (Å²) >= 11 is 2.03. The first-order valence-corrected chi connectivity index (χ1v) is 10.3. The molecule has 0 amide bonds. The molecule has 0 aliphatic heterocycles. The number of hydrogen-bond donors (Lipinski definition) is 0. The molecule has 128 valence electrons. The summed E-state index contributed by atoms with van der Waals surface area (Å²) in [5, 5.41) is 0. The van der Waals surface area contributed by atoms with Gasteiger partial charge in [0.2, 0.25) is 0 Å². The van der Waals surface area contributed by atoms with Gasteiger partial charge in [0.05, 0.1) is 0 Å². The molecule has 2 unspecified atom stereocenters. The van der Waals surface area contributed by atoms with E-state index in [9.17, 15) is 0 Å². The summed E-state index contributed by atoms with van der Waals surface area (Å²) < 4.78 is 0. The molecule has 22 heavy (non-hydrogen) atoms. The zero-order valence-corrected chi connectivity index (χ0v) is 19.8. The van der Waals surface area contributed by atoms with Crippen molar-refractivity contribution in [1.29, 1.82) is 0 Å². The number of allylic oxidation sites excluding steroid dienone is 8. The Bertz CT molecular complexity index is 391. The average Bonchev–Trinajstić information content (AvgIpc) is 2.74. The zero-order valence-electron chi connectivity index (χ0n) is 15.3. The molecule has 0 saturated carbocycles. The molecule has 0 nitrogen and oxygen atoms in total. The first-order chi connectivity index (χ1) is 8.40. The van der Waals surface area contributed by atoms with Gasteiger partial charge >= 0.3 is 26.8 Å². The Labute approximate surface area is 165 Å². The first kappa shape index (κ1) is 33.9. The van der Waals surface area contributed by atoms with Gasteiger partial charge in [0.1, 0.15) is 0 Å². The van der Waals surface area contributed by atoms with Gasteiger partial charge in [-0.15, -0.1) is 6.92 Å². The van der Waals surface area contributed by atoms with Crippen LogP contribution in [-0.2, 0) is 19.2 Å². The van der Waals surface area contributed by atoms with Crippen molar-refractivity contribution in [1.82, 2.24) is 0 Å². The summed E-state index contributed by atoms with van der Waals surface area (Å²) in [5.41, 5.74) is 5.42. The molecule has 0 aromatic carbocycles. The van der Waals surface area contributed by atoms with E-state index in [4.69, 9.17) is 0 Å². The van der Waals surface area contributed by atoms with E-state index in [1.807, 2.05) is 26.8 Å². The van der Waals surface area contributed by atoms with Gasteiger partial charge in [-0.3, -0.25) is 12.2 Å². The van der Waals surface area contributed by atoms with Crippen LogP contribution in [0.15, 0.2) is 34.4 Å². The number of hydrogen-bond acceptors (Lipinski definition) is 0. The van der Waals surface area contributed by atoms with E-state index in [2.05, 4.69) is 65.8 Å². The quantitative estimate of drug-likeness (QED) is 0.353. The molecule has 0 fully saturated rings. The van der Waals surface area contributed by atoms with Crippen molar-refractivity contribution in [3.63, 3.8) is 0 Å². The third-order valence-corrected chi connectivity index (χ3v) is 3.11. The van der Waals surface area contributed by atoms with Gasteiger partial charge in [-0.25, -0.2) is 22.8 Å². The van der Waals surface area contributed by atoms with Crippen molar-refractivity contribution in [2.75, 3.05) is 0 Å². The van der Waals surface area contributed by atoms with E-state index >= 15 is 0 Å². The molecule has 0 aromatic rings. The molecular weight excluding hydrogens is 363 g/mol. The second-order valence-electron chi connectivity index (χ2n) is 4.85. The predicted molar refractivity (Wildman–Crippen MR) is 92.1 cm³/mol. The molecule has 2 aliphatic rings. The Balaban J connectivity index is -0.0000000676. The van der Waals surface area contributed by atoms with Crippen LogP contribution in [0.3, 0.4) is 0 Å². The summed E-state index contributed by atoms with van der Waals surface area (Å²) in [7, 11) is 1.86. The van der Waals surface area contributed by atoms with Crippen LogP contribution in [0.2, 0.25) is 0 Å². The van der Waals surface area contributed by atoms with Gasteiger partial charge < -0.3 is 39.7 Å². The van der Waals surface area contributed by atoms with Crippen molar-refractivity contribution in [3.8, 4) is 0 Å². The molecular formula is C18H30Cl2SiTi-4. The summed E-state index contributed by atoms with van der Waals surface area (Å²) in [6, 6.07) is 0. The van der Waals surface area contributed by atoms with E-state index in [0.29, 0.717) is 11.8 Å². The van der Waals surface area contributed by atoms with E-state index in [1.165, 1.54) is 22.3 Å². The van der Waals surface area contributed by atoms with Crippen LogP contribution in [0.1, 0.15) is 41.5 Å². The standard InChI is InChI=1S/2C8H11.2CH3.2ClH.H2Si.Ti/c2*1-6-4-7(2)8(3)5-6;;;;;;/h4,8H,1-3H3;4,6H,1-3H3;2*1H3;2*1H;1H2;/q4*-1;;;;+2/p-2. The SMILES string of the molecule is CC1=[C-]C(C)C(C)=C1.CC1=[C-]C(C)C=C1C.[CH3-].[CH3-].[Cl-].[Cl-].[SiH2]=[Ti+2]. The zero-order chi connectivity index (χ0) is 14.3. The van der Waals surface area contributed by atoms with Crippen molar-refractivity contribution < 1.29 is 44.0 Å². The molecule has 2 rings (SSSR count). The molecule has 0 spiro atoms. The van der Waals surface area contributed by atoms with Crippen LogP contribution in [0, 0.1) is 38.8 Å². The van der Waals surface area contributed by atoms with E-state index < -0.39 is 0 Å². The third-order valence-electron chi connectivity index (χ3n) is 3.11. The van der Waals surface area contributed by atoms with Gasteiger partial charge in [-0.2, -0.15) is 11.6 Å². The van der Waals surface area contributed by atoms with Crippen LogP contribution < -0.4 is 24.8 Å². The molecule has 0 N–H and O–H groups in total. The molecule has 2 aliphatic carbocycles. The topological polar surface area (TPSA) is 0 Å². The predicted octanol–water partition coefficient (Wildman–Crippen LogP) is -1.35. The van der Waals surface area contributed by atoms with Crippen LogP contribution in [0.25, 0.3) is 0 Å². The fourth-order valence-corrected chi connectivity index (χ4v) is 1.96. The Morgan fingerprint density at radius 2 is 1.41 bits per heavy atom. The van der Waals surface area contributed by atoms with Crippen LogP contribution in [-0.4, -0.2) is 7.63 Å². The minimum absolute atomic E-state index is 0. The van der Waals surface area contributed by atoms with Gasteiger partial charge in [0.15, 0.2) is 0 Å². The number of halogens is 2. The van der Waals surface area contributed by atoms with Gasteiger partial charge in [-0.05, 0) is 0 Å². The first-order valence-electron chi connectivity index (χ1n) is 6.32. The second kappa shape index (κ2) is 17.8. The molecule has 2 atom stereocenters. The van der Waals surface area contributed by atoms with Crippen molar-refractivity contribution in [3.05, 3.63) is 61.4 Å². The fraction of sp³-hybridized carbons (Fsp3) is 0.444. The second-order valence-corrected chi connectivity index (χ2v) is 4.85. The summed E-state index contributed by atoms with van der Waals surface area (Å²) in [6.07, 6.45) is 11.0. The molecule has 0 heterocycles. The van der Waals surface area contributed by atoms with E-state index in [0.717, 1.165) is 0 Å². The summed E-state index contributed by atoms with van der Waals surface area (Å²) in [5.74, 6) is 1.12. The molecule has 0 saturated heterocycles. The van der Waals surface area contributed by atoms with Gasteiger partial charge in [0.25, 0.3) is 0 Å². The molecule has 0 aromatic heterocycles. The van der Waals surface area contributed by atoms with Crippen LogP contribution in [0.4, 0.5) is 0 Å². The molecule has 0 bridgehead atoms. The summed E-state index contributed by atoms with van der Waals surface area (Å²) in [4.78, 5) is 0. The molecule has 0 radical (unpaired) electrons. The Morgan fingerprint density at radius 1 is 0.955 bits per heavy atom. The Morgan fingerprint density at radius 3 is 1.50 bits per heavy atom. The monoisotopic (exact) mass is 392 g/mol. The van der Waals surface area contributed by atoms with Crippen molar-refractivity contribution in [2.45, 2.75) is 41.5 Å². The van der Waals surface area contributed by atoms with Crippen LogP contribution >= 0.6 is 0 Å². The van der Waals surface area contributed by atoms with Crippen molar-refractivity contribution >= 4 is 7.63 Å². The maximum atomic E-state index is 3.29. The maximum absolute atomic E-state index is 3.29. The van der Waals surface area contributed by atoms with E-state index in [1.54, 1.807) is 0 Å². The van der Waals surface area contributed by atoms with E-state index in [-0.39, 0.29) is 39.7 Å². The number of rotatable bonds is 0. The normalized spacial score (nSPS) is 20.4. The Kier molecular flexibility index (Phi) is 27.5. The van der Waals surface area contributed by atoms with Gasteiger partial charge in [-0.1, -0.05) is 46.5 Å². The fourth-order valence-electron chi connectivity index (χ4n) is 1.96. The molecule has 4 heteroatoms. The average molecular weight is 393 g/mol. The van der Waals surface area contributed by atoms with Gasteiger partial charge in [0, 0.05) is 0 Å². The summed E-state index contributed by atoms with van der Waals surface area (Å²) in [6.45, 7) is 12.8. The van der Waals surface area contributed by atoms with Crippen LogP contribution in [0.5, 0.6) is 0 Å². The minimum atomic E-state index is 0. The Hall–Kier alpha value is 0.471. The van der Waals surface area contributed by atoms with Crippen molar-refractivity contribution in [2.24, 2.45) is 11.8 Å². The third kappa shape index (κ3) is 13.0.